The molecule has 3 aromatic carbocycles. The summed E-state index contributed by atoms with van der Waals surface area (Å²) in [5.74, 6) is -2.02. The summed E-state index contributed by atoms with van der Waals surface area (Å²) in [5, 5.41) is 81.0. The summed E-state index contributed by atoms with van der Waals surface area (Å²) in [6.07, 6.45) is -6.68. The van der Waals surface area contributed by atoms with E-state index in [1.807, 2.05) is 0 Å². The Morgan fingerprint density at radius 3 is 2.11 bits per heavy atom. The van der Waals surface area contributed by atoms with E-state index < -0.39 is 42.2 Å². The molecule has 184 valence electrons. The van der Waals surface area contributed by atoms with Crippen LogP contribution >= 0.6 is 0 Å². The second kappa shape index (κ2) is 8.31. The summed E-state index contributed by atoms with van der Waals surface area (Å²) < 4.78 is 17.6. The number of aliphatic hydroxyl groups is 2. The van der Waals surface area contributed by atoms with Crippen molar-refractivity contribution >= 4 is 0 Å². The molecule has 0 bridgehead atoms. The van der Waals surface area contributed by atoms with Crippen molar-refractivity contribution in [2.75, 3.05) is 0 Å². The van der Waals surface area contributed by atoms with Gasteiger partial charge in [-0.2, -0.15) is 0 Å². The van der Waals surface area contributed by atoms with Gasteiger partial charge in [0.05, 0.1) is 5.56 Å². The van der Waals surface area contributed by atoms with Crippen LogP contribution in [0.25, 0.3) is 0 Å². The maximum Gasteiger partial charge on any atom is 0.229 e. The highest BCUT2D eigenvalue weighted by atomic mass is 16.7. The van der Waals surface area contributed by atoms with Gasteiger partial charge in [0.2, 0.25) is 6.29 Å². The van der Waals surface area contributed by atoms with Crippen molar-refractivity contribution < 1.29 is 55.1 Å². The molecule has 0 spiro atoms. The third-order valence-corrected chi connectivity index (χ3v) is 6.05. The zero-order valence-corrected chi connectivity index (χ0v) is 17.9. The molecule has 0 amide bonds. The zero-order valence-electron chi connectivity index (χ0n) is 17.9. The first-order chi connectivity index (χ1) is 16.6. The average molecular weight is 486 g/mol. The quantitative estimate of drug-likeness (QED) is 0.252. The summed E-state index contributed by atoms with van der Waals surface area (Å²) in [6.45, 7) is 0. The van der Waals surface area contributed by atoms with Crippen molar-refractivity contribution in [3.05, 3.63) is 59.2 Å². The third-order valence-electron chi connectivity index (χ3n) is 6.05. The molecule has 5 rings (SSSR count). The lowest BCUT2D eigenvalue weighted by Gasteiger charge is -2.40. The van der Waals surface area contributed by atoms with Crippen LogP contribution in [0.2, 0.25) is 0 Å². The lowest BCUT2D eigenvalue weighted by Crippen LogP contribution is -2.47. The van der Waals surface area contributed by atoms with Gasteiger partial charge in [-0.15, -0.1) is 0 Å². The molecule has 0 aliphatic carbocycles. The average Bonchev–Trinajstić information content (AvgIpc) is 2.78. The molecule has 2 aliphatic rings. The van der Waals surface area contributed by atoms with Gasteiger partial charge in [-0.1, -0.05) is 6.07 Å². The van der Waals surface area contributed by atoms with Crippen molar-refractivity contribution in [1.82, 2.24) is 0 Å². The van der Waals surface area contributed by atoms with E-state index in [1.165, 1.54) is 24.3 Å². The van der Waals surface area contributed by atoms with Crippen LogP contribution in [0.4, 0.5) is 0 Å². The van der Waals surface area contributed by atoms with Gasteiger partial charge in [-0.3, -0.25) is 0 Å². The molecule has 0 saturated carbocycles. The Kier molecular flexibility index (Phi) is 5.39. The fraction of sp³-hybridized carbons (Fsp3) is 0.250. The van der Waals surface area contributed by atoms with E-state index in [0.29, 0.717) is 11.1 Å². The van der Waals surface area contributed by atoms with E-state index >= 15 is 0 Å². The SMILES string of the molecule is Oc1cc(O)c2c(c1)OC(c1ccc(O)c(O)c1)C(OC1Oc3cc(O)cc(O)c3C(O)C1O)C2. The van der Waals surface area contributed by atoms with E-state index in [9.17, 15) is 40.9 Å². The second-order valence-corrected chi connectivity index (χ2v) is 8.41. The highest BCUT2D eigenvalue weighted by molar-refractivity contribution is 5.53. The molecule has 2 heterocycles. The van der Waals surface area contributed by atoms with Crippen LogP contribution in [0.1, 0.15) is 28.9 Å². The van der Waals surface area contributed by atoms with Crippen LogP contribution in [0, 0.1) is 0 Å². The zero-order chi connectivity index (χ0) is 25.0. The van der Waals surface area contributed by atoms with E-state index in [4.69, 9.17) is 14.2 Å². The Hall–Kier alpha value is -4.06. The van der Waals surface area contributed by atoms with Crippen LogP contribution < -0.4 is 9.47 Å². The summed E-state index contributed by atoms with van der Waals surface area (Å²) in [4.78, 5) is 0. The van der Waals surface area contributed by atoms with Gasteiger partial charge in [-0.05, 0) is 17.7 Å². The monoisotopic (exact) mass is 486 g/mol. The molecule has 0 radical (unpaired) electrons. The first kappa shape index (κ1) is 22.7. The van der Waals surface area contributed by atoms with Crippen molar-refractivity contribution in [3.8, 4) is 46.0 Å². The molecule has 0 fully saturated rings. The van der Waals surface area contributed by atoms with Crippen molar-refractivity contribution in [2.24, 2.45) is 0 Å². The van der Waals surface area contributed by atoms with Crippen molar-refractivity contribution in [3.63, 3.8) is 0 Å². The second-order valence-electron chi connectivity index (χ2n) is 8.41. The predicted molar refractivity (Wildman–Crippen MR) is 117 cm³/mol. The maximum atomic E-state index is 10.7. The third kappa shape index (κ3) is 3.95. The summed E-state index contributed by atoms with van der Waals surface area (Å²) >= 11 is 0. The number of aliphatic hydroxyl groups excluding tert-OH is 2. The lowest BCUT2D eigenvalue weighted by molar-refractivity contribution is -0.223. The number of rotatable bonds is 3. The van der Waals surface area contributed by atoms with Crippen LogP contribution in [0.5, 0.6) is 46.0 Å². The minimum atomic E-state index is -1.65. The van der Waals surface area contributed by atoms with E-state index in [2.05, 4.69) is 0 Å². The molecule has 8 N–H and O–H groups in total. The molecule has 2 aliphatic heterocycles. The molecule has 11 heteroatoms. The van der Waals surface area contributed by atoms with Gasteiger partial charge < -0.3 is 55.1 Å². The molecule has 0 aromatic heterocycles. The molecule has 5 atom stereocenters. The molecule has 0 saturated heterocycles. The van der Waals surface area contributed by atoms with Gasteiger partial charge in [0.15, 0.2) is 17.6 Å². The first-order valence-electron chi connectivity index (χ1n) is 10.6. The number of hydrogen-bond acceptors (Lipinski definition) is 11. The number of aromatic hydroxyl groups is 6. The van der Waals surface area contributed by atoms with Gasteiger partial charge in [0, 0.05) is 36.2 Å². The smallest absolute Gasteiger partial charge is 0.229 e. The Morgan fingerprint density at radius 1 is 0.714 bits per heavy atom. The molecule has 5 unspecified atom stereocenters. The van der Waals surface area contributed by atoms with Crippen LogP contribution in [0.3, 0.4) is 0 Å². The molecular formula is C24H22O11. The van der Waals surface area contributed by atoms with Gasteiger partial charge in [-0.25, -0.2) is 0 Å². The Labute approximate surface area is 197 Å². The van der Waals surface area contributed by atoms with E-state index in [0.717, 1.165) is 18.2 Å². The lowest BCUT2D eigenvalue weighted by atomic mass is 9.93. The van der Waals surface area contributed by atoms with Crippen molar-refractivity contribution in [2.45, 2.75) is 37.1 Å². The number of fused-ring (bicyclic) bond motifs is 2. The number of phenolic OH excluding ortho intramolecular Hbond substituents is 6. The number of ether oxygens (including phenoxy) is 3. The highest BCUT2D eigenvalue weighted by Gasteiger charge is 2.43. The summed E-state index contributed by atoms with van der Waals surface area (Å²) in [6, 6.07) is 8.55. The molecule has 11 nitrogen and oxygen atoms in total. The van der Waals surface area contributed by atoms with E-state index in [1.54, 1.807) is 0 Å². The minimum absolute atomic E-state index is 0.00851. The Bertz CT molecular complexity index is 1290. The first-order valence-corrected chi connectivity index (χ1v) is 10.6. The van der Waals surface area contributed by atoms with Gasteiger partial charge in [0.25, 0.3) is 0 Å². The Morgan fingerprint density at radius 2 is 1.40 bits per heavy atom. The summed E-state index contributed by atoms with van der Waals surface area (Å²) in [5.41, 5.74) is 0.544. The van der Waals surface area contributed by atoms with Gasteiger partial charge >= 0.3 is 0 Å². The van der Waals surface area contributed by atoms with Gasteiger partial charge in [0.1, 0.15) is 52.8 Å². The Balaban J connectivity index is 1.52. The number of phenols is 6. The van der Waals surface area contributed by atoms with Crippen LogP contribution in [-0.2, 0) is 11.2 Å². The predicted octanol–water partition coefficient (Wildman–Crippen LogP) is 1.79. The topological polar surface area (TPSA) is 190 Å². The molecule has 3 aromatic rings. The number of hydrogen-bond donors (Lipinski definition) is 8. The number of benzene rings is 3. The molecule has 35 heavy (non-hydrogen) atoms. The minimum Gasteiger partial charge on any atom is -0.508 e. The van der Waals surface area contributed by atoms with Crippen molar-refractivity contribution in [1.29, 1.82) is 0 Å². The summed E-state index contributed by atoms with van der Waals surface area (Å²) in [7, 11) is 0. The molecular weight excluding hydrogens is 464 g/mol. The van der Waals surface area contributed by atoms with E-state index in [-0.39, 0.29) is 46.5 Å². The maximum absolute atomic E-state index is 10.7. The largest absolute Gasteiger partial charge is 0.508 e. The fourth-order valence-corrected chi connectivity index (χ4v) is 4.35. The standard InChI is InChI=1S/C24H22O11/c25-10-4-14(28)12-8-19(23(33-17(12)6-10)9-1-2-13(27)15(29)3-9)35-24-22(32)21(31)20-16(30)5-11(26)7-18(20)34-24/h1-7,19,21-32H,8H2. The van der Waals surface area contributed by atoms with Crippen LogP contribution in [-0.4, -0.2) is 59.4 Å². The normalized spacial score (nSPS) is 25.1. The van der Waals surface area contributed by atoms with Crippen LogP contribution in [0.15, 0.2) is 42.5 Å². The fourth-order valence-electron chi connectivity index (χ4n) is 4.35. The highest BCUT2D eigenvalue weighted by Crippen LogP contribution is 2.47.